The van der Waals surface area contributed by atoms with E-state index in [1.807, 2.05) is 6.92 Å². The number of hydrogen-bond donors (Lipinski definition) is 0. The molecule has 10 heteroatoms. The van der Waals surface area contributed by atoms with Crippen molar-refractivity contribution in [3.8, 4) is 11.5 Å². The van der Waals surface area contributed by atoms with Crippen LogP contribution in [-0.2, 0) is 6.42 Å². The van der Waals surface area contributed by atoms with E-state index in [9.17, 15) is 10.1 Å². The molecule has 0 radical (unpaired) electrons. The van der Waals surface area contributed by atoms with Crippen LogP contribution in [0.25, 0.3) is 21.7 Å². The molecule has 0 fully saturated rings. The van der Waals surface area contributed by atoms with Crippen molar-refractivity contribution in [1.29, 1.82) is 0 Å². The second-order valence-electron chi connectivity index (χ2n) is 5.97. The number of non-ortho nitro benzene ring substituents is 1. The van der Waals surface area contributed by atoms with Gasteiger partial charge >= 0.3 is 0 Å². The van der Waals surface area contributed by atoms with Crippen LogP contribution in [0.4, 0.5) is 5.69 Å². The predicted octanol–water partition coefficient (Wildman–Crippen LogP) is 5.07. The van der Waals surface area contributed by atoms with E-state index in [0.29, 0.717) is 17.3 Å². The van der Waals surface area contributed by atoms with Crippen molar-refractivity contribution in [2.45, 2.75) is 30.5 Å². The van der Waals surface area contributed by atoms with E-state index in [4.69, 9.17) is 4.42 Å². The average molecular weight is 413 g/mol. The van der Waals surface area contributed by atoms with Crippen molar-refractivity contribution in [1.82, 2.24) is 20.2 Å². The zero-order chi connectivity index (χ0) is 19.7. The van der Waals surface area contributed by atoms with Crippen LogP contribution in [-0.4, -0.2) is 25.1 Å². The van der Waals surface area contributed by atoms with Crippen LogP contribution in [0.5, 0.6) is 0 Å². The number of rotatable bonds is 6. The molecular weight excluding hydrogens is 398 g/mol. The third-order valence-electron chi connectivity index (χ3n) is 4.09. The van der Waals surface area contributed by atoms with Crippen molar-refractivity contribution in [2.24, 2.45) is 0 Å². The summed E-state index contributed by atoms with van der Waals surface area (Å²) in [5.74, 6) is 0.796. The molecule has 3 aromatic heterocycles. The summed E-state index contributed by atoms with van der Waals surface area (Å²) in [5.41, 5.74) is 0.652. The van der Waals surface area contributed by atoms with E-state index in [2.05, 4.69) is 33.2 Å². The smallest absolute Gasteiger partial charge is 0.269 e. The van der Waals surface area contributed by atoms with Gasteiger partial charge < -0.3 is 4.42 Å². The highest BCUT2D eigenvalue weighted by atomic mass is 32.2. The van der Waals surface area contributed by atoms with Crippen LogP contribution < -0.4 is 0 Å². The number of aryl methyl sites for hydroxylation is 1. The van der Waals surface area contributed by atoms with Gasteiger partial charge in [0.05, 0.1) is 10.2 Å². The highest BCUT2D eigenvalue weighted by molar-refractivity contribution is 7.99. The normalized spacial score (nSPS) is 12.4. The first-order chi connectivity index (χ1) is 13.5. The Morgan fingerprint density at radius 1 is 1.25 bits per heavy atom. The minimum atomic E-state index is -0.446. The molecule has 0 saturated heterocycles. The molecule has 0 aliphatic rings. The molecule has 28 heavy (non-hydrogen) atoms. The van der Waals surface area contributed by atoms with Crippen LogP contribution in [0.1, 0.15) is 29.9 Å². The highest BCUT2D eigenvalue weighted by Crippen LogP contribution is 2.39. The number of thioether (sulfide) groups is 1. The largest absolute Gasteiger partial charge is 0.419 e. The molecule has 0 N–H and O–H groups in total. The van der Waals surface area contributed by atoms with Crippen LogP contribution in [0.2, 0.25) is 0 Å². The Morgan fingerprint density at radius 2 is 2.04 bits per heavy atom. The highest BCUT2D eigenvalue weighted by Gasteiger charge is 2.19. The predicted molar refractivity (Wildman–Crippen MR) is 107 cm³/mol. The van der Waals surface area contributed by atoms with Gasteiger partial charge in [-0.2, -0.15) is 0 Å². The van der Waals surface area contributed by atoms with E-state index in [-0.39, 0.29) is 10.9 Å². The molecule has 1 atom stereocenters. The molecule has 1 aromatic carbocycles. The second kappa shape index (κ2) is 7.64. The van der Waals surface area contributed by atoms with E-state index in [0.717, 1.165) is 21.7 Å². The quantitative estimate of drug-likeness (QED) is 0.187. The summed E-state index contributed by atoms with van der Waals surface area (Å²) in [6.45, 7) is 4.09. The number of benzene rings is 1. The van der Waals surface area contributed by atoms with E-state index in [1.54, 1.807) is 29.8 Å². The third-order valence-corrected chi connectivity index (χ3v) is 6.39. The van der Waals surface area contributed by atoms with Gasteiger partial charge in [0.15, 0.2) is 0 Å². The zero-order valence-corrected chi connectivity index (χ0v) is 16.7. The Morgan fingerprint density at radius 3 is 2.75 bits per heavy atom. The van der Waals surface area contributed by atoms with E-state index >= 15 is 0 Å². The first-order valence-corrected chi connectivity index (χ1v) is 10.2. The third kappa shape index (κ3) is 3.60. The average Bonchev–Trinajstić information content (AvgIpc) is 3.35. The number of aromatic nitrogens is 4. The topological polar surface area (TPSA) is 108 Å². The van der Waals surface area contributed by atoms with E-state index < -0.39 is 4.92 Å². The van der Waals surface area contributed by atoms with Gasteiger partial charge in [-0.15, -0.1) is 21.5 Å². The summed E-state index contributed by atoms with van der Waals surface area (Å²) in [4.78, 5) is 21.3. The molecule has 0 aliphatic heterocycles. The lowest BCUT2D eigenvalue weighted by Crippen LogP contribution is -1.91. The number of nitro groups is 1. The SMILES string of the molecule is CCc1cc2c(S[C@H](C)c3nnc(-c4ccc([N+](=O)[O-])cc4)o3)ncnc2s1. The Kier molecular flexibility index (Phi) is 5.05. The lowest BCUT2D eigenvalue weighted by molar-refractivity contribution is -0.384. The molecule has 0 unspecified atom stereocenters. The Hall–Kier alpha value is -2.85. The molecule has 0 bridgehead atoms. The standard InChI is InChI=1S/C18H15N5O3S2/c1-3-13-8-14-17(19-9-20-18(14)28-13)27-10(2)15-21-22-16(26-15)11-4-6-12(7-5-11)23(24)25/h4-10H,3H2,1-2H3/t10-/m1/s1. The van der Waals surface area contributed by atoms with Gasteiger partial charge in [0.1, 0.15) is 16.2 Å². The maximum Gasteiger partial charge on any atom is 0.269 e. The monoisotopic (exact) mass is 413 g/mol. The molecule has 0 amide bonds. The van der Waals surface area contributed by atoms with Gasteiger partial charge in [-0.05, 0) is 31.5 Å². The van der Waals surface area contributed by atoms with Crippen LogP contribution >= 0.6 is 23.1 Å². The lowest BCUT2D eigenvalue weighted by Gasteiger charge is -2.06. The van der Waals surface area contributed by atoms with Gasteiger partial charge in [0.2, 0.25) is 11.8 Å². The van der Waals surface area contributed by atoms with Crippen molar-refractivity contribution in [3.05, 3.63) is 57.5 Å². The summed E-state index contributed by atoms with van der Waals surface area (Å²) in [7, 11) is 0. The van der Waals surface area contributed by atoms with Crippen molar-refractivity contribution in [3.63, 3.8) is 0 Å². The number of hydrogen-bond acceptors (Lipinski definition) is 9. The minimum absolute atomic E-state index is 0.0161. The fraction of sp³-hybridized carbons (Fsp3) is 0.222. The van der Waals surface area contributed by atoms with Gasteiger partial charge in [-0.3, -0.25) is 10.1 Å². The Balaban J connectivity index is 1.56. The van der Waals surface area contributed by atoms with Crippen molar-refractivity contribution < 1.29 is 9.34 Å². The summed E-state index contributed by atoms with van der Waals surface area (Å²) in [5, 5.41) is 20.8. The molecule has 4 aromatic rings. The van der Waals surface area contributed by atoms with Crippen molar-refractivity contribution >= 4 is 39.0 Å². The Bertz CT molecular complexity index is 1140. The van der Waals surface area contributed by atoms with Crippen LogP contribution in [0, 0.1) is 10.1 Å². The molecule has 8 nitrogen and oxygen atoms in total. The minimum Gasteiger partial charge on any atom is -0.419 e. The molecule has 142 valence electrons. The zero-order valence-electron chi connectivity index (χ0n) is 15.0. The van der Waals surface area contributed by atoms with Crippen LogP contribution in [0.3, 0.4) is 0 Å². The second-order valence-corrected chi connectivity index (χ2v) is 8.42. The summed E-state index contributed by atoms with van der Waals surface area (Å²) < 4.78 is 5.79. The first kappa shape index (κ1) is 18.5. The number of nitro benzene ring substituents is 1. The number of thiophene rings is 1. The summed E-state index contributed by atoms with van der Waals surface area (Å²) in [6, 6.07) is 8.15. The summed E-state index contributed by atoms with van der Waals surface area (Å²) >= 11 is 3.21. The molecule has 3 heterocycles. The molecular formula is C18H15N5O3S2. The molecule has 0 spiro atoms. The Labute approximate surface area is 168 Å². The summed E-state index contributed by atoms with van der Waals surface area (Å²) in [6.07, 6.45) is 2.53. The van der Waals surface area contributed by atoms with Gasteiger partial charge in [-0.1, -0.05) is 18.7 Å². The first-order valence-electron chi connectivity index (χ1n) is 8.53. The molecule has 4 rings (SSSR count). The van der Waals surface area contributed by atoms with Gasteiger partial charge in [-0.25, -0.2) is 9.97 Å². The van der Waals surface area contributed by atoms with Gasteiger partial charge in [0.25, 0.3) is 5.69 Å². The maximum absolute atomic E-state index is 10.8. The molecule has 0 saturated carbocycles. The van der Waals surface area contributed by atoms with Crippen molar-refractivity contribution in [2.75, 3.05) is 0 Å². The van der Waals surface area contributed by atoms with E-state index in [1.165, 1.54) is 28.8 Å². The maximum atomic E-state index is 10.8. The fourth-order valence-corrected chi connectivity index (χ4v) is 4.53. The number of fused-ring (bicyclic) bond motifs is 1. The van der Waals surface area contributed by atoms with Crippen LogP contribution in [0.15, 0.2) is 46.1 Å². The number of nitrogens with zero attached hydrogens (tertiary/aromatic N) is 5. The van der Waals surface area contributed by atoms with Gasteiger partial charge in [0, 0.05) is 28.0 Å². The molecule has 0 aliphatic carbocycles. The fourth-order valence-electron chi connectivity index (χ4n) is 2.61. The lowest BCUT2D eigenvalue weighted by atomic mass is 10.2.